The number of carboxylic acids is 1. The summed E-state index contributed by atoms with van der Waals surface area (Å²) in [7, 11) is 1.48. The van der Waals surface area contributed by atoms with Gasteiger partial charge in [-0.2, -0.15) is 0 Å². The van der Waals surface area contributed by atoms with Crippen LogP contribution in [0.2, 0.25) is 5.02 Å². The Morgan fingerprint density at radius 2 is 1.84 bits per heavy atom. The summed E-state index contributed by atoms with van der Waals surface area (Å²) in [5, 5.41) is 22.0. The van der Waals surface area contributed by atoms with Gasteiger partial charge in [0.15, 0.2) is 5.13 Å². The molecule has 3 aromatic rings. The summed E-state index contributed by atoms with van der Waals surface area (Å²) in [6, 6.07) is 2.78. The zero-order valence-corrected chi connectivity index (χ0v) is 34.7. The number of hydrogen-bond donors (Lipinski definition) is 4. The van der Waals surface area contributed by atoms with E-state index in [0.29, 0.717) is 38.9 Å². The fourth-order valence-corrected chi connectivity index (χ4v) is 8.74. The number of anilines is 1. The summed E-state index contributed by atoms with van der Waals surface area (Å²) in [6.45, 7) is 12.7. The van der Waals surface area contributed by atoms with E-state index < -0.39 is 77.4 Å². The second-order valence-corrected chi connectivity index (χ2v) is 17.7. The lowest BCUT2D eigenvalue weighted by Gasteiger charge is -2.35. The lowest BCUT2D eigenvalue weighted by Crippen LogP contribution is -2.59. The van der Waals surface area contributed by atoms with Crippen molar-refractivity contribution in [3.63, 3.8) is 0 Å². The Bertz CT molecular complexity index is 2080. The SMILES string of the molecule is C=C[C@@H]1C[C@]1(NC(=O)[C@@H]1C[C@@H](Oc2cc(-c3csc(NC(C)C)n3)nc3c(Cl)c(OC)ccc23)CN1C(=O)[C@@H](NC(=O)O[C@@H]1CC[C@@H](C(F)F)C1)C(C)(C)C)C(=O)O. The molecule has 3 aliphatic rings. The van der Waals surface area contributed by atoms with Crippen LogP contribution >= 0.6 is 22.9 Å². The van der Waals surface area contributed by atoms with Crippen LogP contribution in [0.25, 0.3) is 22.3 Å². The largest absolute Gasteiger partial charge is 0.495 e. The van der Waals surface area contributed by atoms with E-state index in [2.05, 4.69) is 22.5 Å². The van der Waals surface area contributed by atoms with Gasteiger partial charge in [0.1, 0.15) is 52.0 Å². The van der Waals surface area contributed by atoms with Crippen LogP contribution < -0.4 is 25.4 Å². The van der Waals surface area contributed by atoms with E-state index in [-0.39, 0.29) is 49.7 Å². The lowest BCUT2D eigenvalue weighted by atomic mass is 9.85. The number of halogens is 3. The number of methoxy groups -OCH3 is 1. The smallest absolute Gasteiger partial charge is 0.408 e. The van der Waals surface area contributed by atoms with Crippen molar-refractivity contribution >= 4 is 62.8 Å². The maximum absolute atomic E-state index is 14.6. The van der Waals surface area contributed by atoms with Crippen molar-refractivity contribution < 1.29 is 47.3 Å². The zero-order chi connectivity index (χ0) is 42.3. The minimum atomic E-state index is -2.53. The molecule has 1 aromatic carbocycles. The standard InChI is InChI=1S/C40H49ClF2N6O8S/c1-8-21-16-40(21,36(52)53)48-34(50)27-14-23(17-49(27)35(51)32(39(4,5)6)47-38(54)57-22-10-9-20(13-22)33(42)43)56-29-15-25(26-18-58-37(46-26)44-19(2)3)45-31-24(29)11-12-28(55-7)30(31)41/h8,11-12,15,18-23,27,32-33H,1,9-10,13-14,16-17H2,2-7H3,(H,44,46)(H,47,54)(H,48,50)(H,52,53)/t20-,21-,22-,23-,27+,32-,40-/m1/s1. The monoisotopic (exact) mass is 846 g/mol. The van der Waals surface area contributed by atoms with Gasteiger partial charge in [0.2, 0.25) is 18.2 Å². The molecule has 58 heavy (non-hydrogen) atoms. The summed E-state index contributed by atoms with van der Waals surface area (Å²) < 4.78 is 44.2. The van der Waals surface area contributed by atoms with Crippen LogP contribution in [0.1, 0.15) is 66.7 Å². The topological polar surface area (TPSA) is 181 Å². The first kappa shape index (κ1) is 42.8. The van der Waals surface area contributed by atoms with Gasteiger partial charge < -0.3 is 40.2 Å². The number of ether oxygens (including phenoxy) is 3. The van der Waals surface area contributed by atoms with Crippen molar-refractivity contribution in [3.05, 3.63) is 41.3 Å². The van der Waals surface area contributed by atoms with Crippen molar-refractivity contribution in [1.29, 1.82) is 0 Å². The Morgan fingerprint density at radius 1 is 1.10 bits per heavy atom. The fraction of sp³-hybridized carbons (Fsp3) is 0.550. The van der Waals surface area contributed by atoms with Crippen LogP contribution in [0.4, 0.5) is 18.7 Å². The Hall–Kier alpha value is -4.77. The minimum absolute atomic E-state index is 0.00546. The predicted octanol–water partition coefficient (Wildman–Crippen LogP) is 6.91. The van der Waals surface area contributed by atoms with Gasteiger partial charge in [-0.25, -0.2) is 28.3 Å². The number of likely N-dealkylation sites (tertiary alicyclic amines) is 1. The number of carboxylic acid groups (broad SMARTS) is 1. The van der Waals surface area contributed by atoms with Gasteiger partial charge in [-0.3, -0.25) is 9.59 Å². The molecule has 2 aromatic heterocycles. The molecule has 18 heteroatoms. The molecule has 4 N–H and O–H groups in total. The third-order valence-electron chi connectivity index (χ3n) is 10.8. The van der Waals surface area contributed by atoms with Gasteiger partial charge in [-0.1, -0.05) is 38.4 Å². The second kappa shape index (κ2) is 16.8. The molecule has 14 nitrogen and oxygen atoms in total. The molecule has 3 fully saturated rings. The number of nitrogens with zero attached hydrogens (tertiary/aromatic N) is 3. The van der Waals surface area contributed by atoms with Gasteiger partial charge >= 0.3 is 12.1 Å². The maximum Gasteiger partial charge on any atom is 0.408 e. The van der Waals surface area contributed by atoms with E-state index in [1.807, 2.05) is 19.2 Å². The molecule has 2 aliphatic carbocycles. The van der Waals surface area contributed by atoms with Gasteiger partial charge in [0.05, 0.1) is 24.9 Å². The van der Waals surface area contributed by atoms with Gasteiger partial charge in [-0.15, -0.1) is 17.9 Å². The molecule has 6 rings (SSSR count). The predicted molar refractivity (Wildman–Crippen MR) is 215 cm³/mol. The van der Waals surface area contributed by atoms with Crippen LogP contribution in [0.15, 0.2) is 36.2 Å². The molecular weight excluding hydrogens is 798 g/mol. The first-order valence-corrected chi connectivity index (χ1v) is 20.4. The molecule has 3 heterocycles. The third-order valence-corrected chi connectivity index (χ3v) is 12.0. The van der Waals surface area contributed by atoms with Crippen molar-refractivity contribution in [1.82, 2.24) is 25.5 Å². The molecule has 0 unspecified atom stereocenters. The number of benzene rings is 1. The number of hydrogen-bond acceptors (Lipinski definition) is 11. The zero-order valence-electron chi connectivity index (χ0n) is 33.1. The molecule has 0 radical (unpaired) electrons. The number of rotatable bonds is 14. The summed E-state index contributed by atoms with van der Waals surface area (Å²) in [6.07, 6.45) is -3.01. The molecule has 0 spiro atoms. The number of carbonyl (C=O) groups is 4. The number of fused-ring (bicyclic) bond motifs is 1. The molecule has 1 aliphatic heterocycles. The number of aromatic nitrogens is 2. The van der Waals surface area contributed by atoms with E-state index in [0.717, 1.165) is 0 Å². The quantitative estimate of drug-likeness (QED) is 0.124. The Labute approximate surface area is 344 Å². The van der Waals surface area contributed by atoms with E-state index in [1.165, 1.54) is 29.4 Å². The number of carbonyl (C=O) groups excluding carboxylic acids is 3. The van der Waals surface area contributed by atoms with Crippen LogP contribution in [-0.2, 0) is 19.1 Å². The van der Waals surface area contributed by atoms with Gasteiger partial charge in [0, 0.05) is 41.1 Å². The van der Waals surface area contributed by atoms with Crippen LogP contribution in [0.5, 0.6) is 11.5 Å². The number of pyridine rings is 1. The molecule has 7 atom stereocenters. The third kappa shape index (κ3) is 8.94. The number of alkyl halides is 2. The molecule has 314 valence electrons. The summed E-state index contributed by atoms with van der Waals surface area (Å²) in [5.41, 5.74) is -1.15. The van der Waals surface area contributed by atoms with Crippen LogP contribution in [-0.4, -0.2) is 99.8 Å². The number of alkyl carbamates (subject to hydrolysis) is 1. The van der Waals surface area contributed by atoms with Gasteiger partial charge in [0.25, 0.3) is 0 Å². The molecule has 0 bridgehead atoms. The van der Waals surface area contributed by atoms with Crippen molar-refractivity contribution in [3.8, 4) is 22.9 Å². The highest BCUT2D eigenvalue weighted by atomic mass is 35.5. The number of aliphatic carboxylic acids is 1. The second-order valence-electron chi connectivity index (χ2n) is 16.5. The minimum Gasteiger partial charge on any atom is -0.495 e. The average Bonchev–Trinajstić information content (AvgIpc) is 3.52. The first-order valence-electron chi connectivity index (χ1n) is 19.1. The number of amides is 3. The van der Waals surface area contributed by atoms with E-state index in [9.17, 15) is 33.1 Å². The van der Waals surface area contributed by atoms with Crippen molar-refractivity contribution in [2.24, 2.45) is 17.3 Å². The molecule has 3 amide bonds. The summed E-state index contributed by atoms with van der Waals surface area (Å²) >= 11 is 8.19. The van der Waals surface area contributed by atoms with Crippen molar-refractivity contribution in [2.75, 3.05) is 19.0 Å². The highest BCUT2D eigenvalue weighted by molar-refractivity contribution is 7.14. The number of nitrogens with one attached hydrogen (secondary N) is 3. The maximum atomic E-state index is 14.6. The van der Waals surface area contributed by atoms with Crippen LogP contribution in [0.3, 0.4) is 0 Å². The van der Waals surface area contributed by atoms with E-state index in [4.69, 9.17) is 35.8 Å². The Kier molecular flexibility index (Phi) is 12.4. The molecule has 2 saturated carbocycles. The van der Waals surface area contributed by atoms with E-state index in [1.54, 1.807) is 39.0 Å². The molecule has 1 saturated heterocycles. The average molecular weight is 847 g/mol. The lowest BCUT2D eigenvalue weighted by molar-refractivity contribution is -0.146. The van der Waals surface area contributed by atoms with E-state index >= 15 is 0 Å². The number of thiazole rings is 1. The highest BCUT2D eigenvalue weighted by Gasteiger charge is 2.61. The fourth-order valence-electron chi connectivity index (χ4n) is 7.60. The summed E-state index contributed by atoms with van der Waals surface area (Å²) in [5.74, 6) is -3.28. The Morgan fingerprint density at radius 3 is 2.45 bits per heavy atom. The van der Waals surface area contributed by atoms with Crippen molar-refractivity contribution in [2.45, 2.75) is 109 Å². The normalized spacial score (nSPS) is 24.7. The molecular formula is C40H49ClF2N6O8S. The highest BCUT2D eigenvalue weighted by Crippen LogP contribution is 2.45. The Balaban J connectivity index is 1.32. The first-order chi connectivity index (χ1) is 27.3. The van der Waals surface area contributed by atoms with Gasteiger partial charge in [-0.05, 0) is 57.1 Å². The van der Waals surface area contributed by atoms with Crippen LogP contribution in [0, 0.1) is 17.3 Å². The summed E-state index contributed by atoms with van der Waals surface area (Å²) in [4.78, 5) is 65.2.